The Balaban J connectivity index is 0.000000679. The van der Waals surface area contributed by atoms with Crippen molar-refractivity contribution in [3.63, 3.8) is 0 Å². The predicted molar refractivity (Wildman–Crippen MR) is 183 cm³/mol. The molecule has 4 aromatic rings. The van der Waals surface area contributed by atoms with Crippen LogP contribution in [-0.4, -0.2) is 6.71 Å². The highest BCUT2D eigenvalue weighted by molar-refractivity contribution is 6.98. The van der Waals surface area contributed by atoms with Gasteiger partial charge < -0.3 is 9.47 Å². The third kappa shape index (κ3) is 6.57. The fraction of sp³-hybridized carbons (Fsp3) is 0.211. The van der Waals surface area contributed by atoms with E-state index in [4.69, 9.17) is 9.47 Å². The van der Waals surface area contributed by atoms with Crippen molar-refractivity contribution < 1.29 is 9.47 Å². The third-order valence-corrected chi connectivity index (χ3v) is 6.35. The van der Waals surface area contributed by atoms with Gasteiger partial charge in [-0.25, -0.2) is 0 Å². The second kappa shape index (κ2) is 16.8. The highest BCUT2D eigenvalue weighted by atomic mass is 16.5. The van der Waals surface area contributed by atoms with Gasteiger partial charge in [0, 0.05) is 16.6 Å². The summed E-state index contributed by atoms with van der Waals surface area (Å²) < 4.78 is 13.2. The minimum atomic E-state index is 0.0158. The molecule has 41 heavy (non-hydrogen) atoms. The second-order valence-corrected chi connectivity index (χ2v) is 8.18. The van der Waals surface area contributed by atoms with E-state index < -0.39 is 0 Å². The molecular weight excluding hydrogens is 499 g/mol. The smallest absolute Gasteiger partial charge is 0.260 e. The van der Waals surface area contributed by atoms with E-state index >= 15 is 0 Å². The molecule has 212 valence electrons. The lowest BCUT2D eigenvalue weighted by Crippen LogP contribution is -2.57. The van der Waals surface area contributed by atoms with Crippen molar-refractivity contribution in [2.45, 2.75) is 55.4 Å². The van der Waals surface area contributed by atoms with Crippen molar-refractivity contribution in [2.75, 3.05) is 0 Å². The molecule has 0 saturated carbocycles. The van der Waals surface area contributed by atoms with Crippen molar-refractivity contribution >= 4 is 28.7 Å². The highest BCUT2D eigenvalue weighted by Crippen LogP contribution is 2.44. The van der Waals surface area contributed by atoms with Gasteiger partial charge in [0.2, 0.25) is 0 Å². The molecule has 0 unspecified atom stereocenters. The summed E-state index contributed by atoms with van der Waals surface area (Å²) in [7, 11) is 0. The maximum atomic E-state index is 6.61. The lowest BCUT2D eigenvalue weighted by Gasteiger charge is -2.35. The van der Waals surface area contributed by atoms with Crippen LogP contribution in [0.5, 0.6) is 23.0 Å². The maximum Gasteiger partial charge on any atom is 0.260 e. The van der Waals surface area contributed by atoms with Crippen LogP contribution in [0.2, 0.25) is 0 Å². The molecule has 0 spiro atoms. The van der Waals surface area contributed by atoms with Gasteiger partial charge in [-0.3, -0.25) is 0 Å². The molecule has 0 N–H and O–H groups in total. The molecule has 0 bridgehead atoms. The monoisotopic (exact) mass is 544 g/mol. The summed E-state index contributed by atoms with van der Waals surface area (Å²) in [5.74, 6) is 3.41. The molecule has 0 aromatic heterocycles. The first-order chi connectivity index (χ1) is 20.3. The Bertz CT molecular complexity index is 1440. The van der Waals surface area contributed by atoms with Gasteiger partial charge in [-0.2, -0.15) is 0 Å². The average Bonchev–Trinajstić information content (AvgIpc) is 3.08. The number of ether oxygens (including phenoxy) is 2. The van der Waals surface area contributed by atoms with E-state index in [2.05, 4.69) is 67.8 Å². The first-order valence-corrected chi connectivity index (χ1v) is 15.1. The van der Waals surface area contributed by atoms with Crippen LogP contribution in [0.25, 0.3) is 16.7 Å². The van der Waals surface area contributed by atoms with Crippen LogP contribution in [0.4, 0.5) is 0 Å². The molecule has 0 aliphatic carbocycles. The van der Waals surface area contributed by atoms with E-state index in [1.807, 2.05) is 97.9 Å². The van der Waals surface area contributed by atoms with E-state index in [1.54, 1.807) is 6.08 Å². The van der Waals surface area contributed by atoms with Gasteiger partial charge in [0.15, 0.2) is 0 Å². The molecule has 4 aromatic carbocycles. The largest absolute Gasteiger partial charge is 0.458 e. The zero-order valence-corrected chi connectivity index (χ0v) is 26.1. The van der Waals surface area contributed by atoms with Gasteiger partial charge in [-0.15, -0.1) is 0 Å². The molecule has 6 rings (SSSR count). The second-order valence-electron chi connectivity index (χ2n) is 8.18. The minimum absolute atomic E-state index is 0.0158. The summed E-state index contributed by atoms with van der Waals surface area (Å²) in [5.41, 5.74) is 7.40. The highest BCUT2D eigenvalue weighted by Gasteiger charge is 2.42. The van der Waals surface area contributed by atoms with Crippen molar-refractivity contribution in [3.05, 3.63) is 122 Å². The first kappa shape index (κ1) is 33.0. The van der Waals surface area contributed by atoms with E-state index in [1.165, 1.54) is 0 Å². The zero-order valence-electron chi connectivity index (χ0n) is 26.1. The quantitative estimate of drug-likeness (QED) is 0.162. The Morgan fingerprint density at radius 2 is 1.12 bits per heavy atom. The van der Waals surface area contributed by atoms with Crippen LogP contribution in [0.15, 0.2) is 116 Å². The number of benzene rings is 4. The Kier molecular flexibility index (Phi) is 13.5. The molecule has 2 aliphatic heterocycles. The van der Waals surface area contributed by atoms with Crippen LogP contribution in [-0.2, 0) is 0 Å². The summed E-state index contributed by atoms with van der Waals surface area (Å²) in [6, 6.07) is 29.1. The van der Waals surface area contributed by atoms with E-state index in [9.17, 15) is 0 Å². The van der Waals surface area contributed by atoms with Crippen LogP contribution in [0, 0.1) is 0 Å². The van der Waals surface area contributed by atoms with Gasteiger partial charge in [-0.05, 0) is 40.3 Å². The van der Waals surface area contributed by atoms with Crippen molar-refractivity contribution in [2.24, 2.45) is 0 Å². The van der Waals surface area contributed by atoms with E-state index in [0.717, 1.165) is 61.6 Å². The zero-order chi connectivity index (χ0) is 30.4. The van der Waals surface area contributed by atoms with E-state index in [0.29, 0.717) is 0 Å². The molecule has 2 nitrogen and oxygen atoms in total. The molecule has 0 fully saturated rings. The molecule has 0 atom stereocenters. The molecule has 0 radical (unpaired) electrons. The number of para-hydroxylation sites is 2. The van der Waals surface area contributed by atoms with Crippen molar-refractivity contribution in [3.8, 4) is 34.1 Å². The fourth-order valence-electron chi connectivity index (χ4n) is 4.91. The molecule has 0 saturated heterocycles. The Labute approximate surface area is 249 Å². The van der Waals surface area contributed by atoms with Crippen LogP contribution >= 0.6 is 0 Å². The van der Waals surface area contributed by atoms with Gasteiger partial charge in [0.25, 0.3) is 6.71 Å². The van der Waals surface area contributed by atoms with Crippen molar-refractivity contribution in [1.29, 1.82) is 0 Å². The number of hydrogen-bond acceptors (Lipinski definition) is 2. The Hall–Kier alpha value is -4.24. The maximum absolute atomic E-state index is 6.61. The number of rotatable bonds is 4. The lowest BCUT2D eigenvalue weighted by molar-refractivity contribution is 0.464. The summed E-state index contributed by atoms with van der Waals surface area (Å²) in [6.45, 7) is 24.0. The minimum Gasteiger partial charge on any atom is -0.458 e. The van der Waals surface area contributed by atoms with Gasteiger partial charge in [0.05, 0.1) is 0 Å². The van der Waals surface area contributed by atoms with Crippen LogP contribution in [0.1, 0.15) is 61.0 Å². The van der Waals surface area contributed by atoms with Gasteiger partial charge in [-0.1, -0.05) is 154 Å². The molecule has 2 aliphatic rings. The summed E-state index contributed by atoms with van der Waals surface area (Å²) in [5, 5.41) is 0. The summed E-state index contributed by atoms with van der Waals surface area (Å²) in [4.78, 5) is 0. The number of hydrogen-bond donors (Lipinski definition) is 0. The molecular formula is C38H45BO2. The molecule has 0 amide bonds. The molecule has 2 heterocycles. The first-order valence-electron chi connectivity index (χ1n) is 15.1. The lowest BCUT2D eigenvalue weighted by atomic mass is 9.34. The van der Waals surface area contributed by atoms with Crippen LogP contribution in [0.3, 0.4) is 0 Å². The van der Waals surface area contributed by atoms with Gasteiger partial charge in [0.1, 0.15) is 23.0 Å². The SMILES string of the molecule is C=C/C=C(\C=C)c1cc(-c2ccccc2)c2c3c1Oc1ccccc1B3c1ccccc1O2.CC.CC.CC.CC. The normalized spacial score (nSPS) is 11.1. The predicted octanol–water partition coefficient (Wildman–Crippen LogP) is 9.94. The summed E-state index contributed by atoms with van der Waals surface area (Å²) in [6.07, 6.45) is 5.60. The topological polar surface area (TPSA) is 18.5 Å². The molecule has 3 heteroatoms. The number of fused-ring (bicyclic) bond motifs is 4. The number of allylic oxidation sites excluding steroid dienone is 4. The van der Waals surface area contributed by atoms with Crippen molar-refractivity contribution in [1.82, 2.24) is 0 Å². The standard InChI is InChI=1S/C30H21BO2.4C2H6/c1-3-12-20(4-2)22-19-23(21-13-6-5-7-14-21)30-28-29(22)32-26-17-10-8-15-24(26)31(28)25-16-9-11-18-27(25)33-30;4*1-2/h3-19H,1-2H2;4*1-2H3/b20-12+;;;;. The van der Waals surface area contributed by atoms with E-state index in [-0.39, 0.29) is 6.71 Å². The third-order valence-electron chi connectivity index (χ3n) is 6.35. The average molecular weight is 545 g/mol. The van der Waals surface area contributed by atoms with Crippen LogP contribution < -0.4 is 25.9 Å². The Morgan fingerprint density at radius 3 is 1.63 bits per heavy atom. The van der Waals surface area contributed by atoms with Gasteiger partial charge >= 0.3 is 0 Å². The summed E-state index contributed by atoms with van der Waals surface area (Å²) >= 11 is 0. The fourth-order valence-corrected chi connectivity index (χ4v) is 4.91. The Morgan fingerprint density at radius 1 is 0.634 bits per heavy atom.